The van der Waals surface area contributed by atoms with Gasteiger partial charge in [0.1, 0.15) is 17.3 Å². The zero-order valence-electron chi connectivity index (χ0n) is 16.3. The first-order chi connectivity index (χ1) is 14.8. The largest absolute Gasteiger partial charge is 0.507 e. The normalized spacial score (nSPS) is 10.9. The minimum absolute atomic E-state index is 0.0436. The number of ether oxygens (including phenoxy) is 1. The molecule has 7 N–H and O–H groups in total. The van der Waals surface area contributed by atoms with Gasteiger partial charge in [-0.3, -0.25) is 10.2 Å². The predicted molar refractivity (Wildman–Crippen MR) is 122 cm³/mol. The number of hydrogen-bond donors (Lipinski definition) is 5. The van der Waals surface area contributed by atoms with E-state index in [1.54, 1.807) is 24.3 Å². The Morgan fingerprint density at radius 2 is 1.77 bits per heavy atom. The molecule has 0 spiro atoms. The number of carbonyl (C=O) groups is 1. The van der Waals surface area contributed by atoms with Gasteiger partial charge in [0.05, 0.1) is 10.7 Å². The van der Waals surface area contributed by atoms with E-state index in [0.717, 1.165) is 10.9 Å². The van der Waals surface area contributed by atoms with Crippen molar-refractivity contribution in [3.63, 3.8) is 0 Å². The quantitative estimate of drug-likeness (QED) is 0.231. The van der Waals surface area contributed by atoms with Gasteiger partial charge in [0.25, 0.3) is 5.91 Å². The minimum atomic E-state index is -0.604. The lowest BCUT2D eigenvalue weighted by atomic mass is 9.99. The van der Waals surface area contributed by atoms with Crippen molar-refractivity contribution in [3.8, 4) is 33.9 Å². The zero-order valence-corrected chi connectivity index (χ0v) is 17.0. The summed E-state index contributed by atoms with van der Waals surface area (Å²) in [5, 5.41) is 19.9. The second-order valence-electron chi connectivity index (χ2n) is 7.00. The standard InChI is InChI=1S/C23H19ClN4O3/c24-18-10-19-13(6-16(18)23(26)27)7-20(28-19)17-9-14(31-11-21(25)29)8-15(22(17)30)12-4-2-1-3-5-12/h1-10,28,30H,11H2,(H2,25,29)(H3,26,27). The maximum absolute atomic E-state index is 11.2. The highest BCUT2D eigenvalue weighted by Crippen LogP contribution is 2.42. The first kappa shape index (κ1) is 20.3. The summed E-state index contributed by atoms with van der Waals surface area (Å²) in [7, 11) is 0. The molecule has 4 rings (SSSR count). The van der Waals surface area contributed by atoms with E-state index in [-0.39, 0.29) is 18.2 Å². The maximum atomic E-state index is 11.2. The van der Waals surface area contributed by atoms with Crippen molar-refractivity contribution in [2.75, 3.05) is 6.61 Å². The van der Waals surface area contributed by atoms with Gasteiger partial charge in [-0.05, 0) is 35.9 Å². The summed E-state index contributed by atoms with van der Waals surface area (Å²) in [5.74, 6) is -0.313. The van der Waals surface area contributed by atoms with Crippen LogP contribution in [0, 0.1) is 5.41 Å². The summed E-state index contributed by atoms with van der Waals surface area (Å²) in [6.07, 6.45) is 0. The zero-order chi connectivity index (χ0) is 22.1. The van der Waals surface area contributed by atoms with E-state index in [1.165, 1.54) is 0 Å². The van der Waals surface area contributed by atoms with Gasteiger partial charge in [-0.25, -0.2) is 0 Å². The summed E-state index contributed by atoms with van der Waals surface area (Å²) in [4.78, 5) is 14.4. The van der Waals surface area contributed by atoms with Crippen molar-refractivity contribution in [2.45, 2.75) is 0 Å². The molecule has 0 saturated carbocycles. The van der Waals surface area contributed by atoms with E-state index < -0.39 is 5.91 Å². The lowest BCUT2D eigenvalue weighted by molar-refractivity contribution is -0.119. The van der Waals surface area contributed by atoms with Crippen LogP contribution >= 0.6 is 11.6 Å². The average molecular weight is 435 g/mol. The Balaban J connectivity index is 1.89. The number of phenols is 1. The molecule has 1 heterocycles. The molecular formula is C23H19ClN4O3. The molecule has 8 heteroatoms. The molecule has 0 aliphatic rings. The van der Waals surface area contributed by atoms with Crippen molar-refractivity contribution in [3.05, 3.63) is 71.2 Å². The van der Waals surface area contributed by atoms with Crippen LogP contribution in [0.15, 0.2) is 60.7 Å². The molecule has 0 saturated heterocycles. The number of aromatic hydroxyl groups is 1. The summed E-state index contributed by atoms with van der Waals surface area (Å²) >= 11 is 6.23. The lowest BCUT2D eigenvalue weighted by Crippen LogP contribution is -2.20. The van der Waals surface area contributed by atoms with Crippen LogP contribution in [0.25, 0.3) is 33.3 Å². The van der Waals surface area contributed by atoms with Gasteiger partial charge in [-0.15, -0.1) is 0 Å². The Morgan fingerprint density at radius 1 is 1.06 bits per heavy atom. The highest BCUT2D eigenvalue weighted by atomic mass is 35.5. The highest BCUT2D eigenvalue weighted by molar-refractivity contribution is 6.34. The Kier molecular flexibility index (Phi) is 5.27. The van der Waals surface area contributed by atoms with E-state index in [1.807, 2.05) is 36.4 Å². The topological polar surface area (TPSA) is 138 Å². The fourth-order valence-corrected chi connectivity index (χ4v) is 3.66. The monoisotopic (exact) mass is 434 g/mol. The van der Waals surface area contributed by atoms with Gasteiger partial charge in [0.2, 0.25) is 0 Å². The molecule has 0 aliphatic carbocycles. The molecule has 0 unspecified atom stereocenters. The number of nitrogen functional groups attached to an aromatic ring is 1. The average Bonchev–Trinajstić information content (AvgIpc) is 3.15. The second-order valence-corrected chi connectivity index (χ2v) is 7.41. The Hall–Kier alpha value is -3.97. The Morgan fingerprint density at radius 3 is 2.45 bits per heavy atom. The van der Waals surface area contributed by atoms with Crippen molar-refractivity contribution in [2.24, 2.45) is 11.5 Å². The van der Waals surface area contributed by atoms with E-state index in [9.17, 15) is 9.90 Å². The van der Waals surface area contributed by atoms with Crippen molar-refractivity contribution in [1.82, 2.24) is 4.98 Å². The second kappa shape index (κ2) is 8.04. The molecule has 31 heavy (non-hydrogen) atoms. The van der Waals surface area contributed by atoms with Crippen LogP contribution in [0.3, 0.4) is 0 Å². The minimum Gasteiger partial charge on any atom is -0.507 e. The van der Waals surface area contributed by atoms with Gasteiger partial charge in [0, 0.05) is 27.6 Å². The number of rotatable bonds is 6. The van der Waals surface area contributed by atoms with E-state index in [2.05, 4.69) is 4.98 Å². The molecule has 4 aromatic rings. The van der Waals surface area contributed by atoms with Crippen molar-refractivity contribution >= 4 is 34.2 Å². The van der Waals surface area contributed by atoms with Crippen LogP contribution in [0.1, 0.15) is 5.56 Å². The van der Waals surface area contributed by atoms with Gasteiger partial charge in [-0.1, -0.05) is 41.9 Å². The van der Waals surface area contributed by atoms with Crippen LogP contribution in [0.2, 0.25) is 5.02 Å². The fraction of sp³-hybridized carbons (Fsp3) is 0.0435. The summed E-state index contributed by atoms with van der Waals surface area (Å²) in [5.41, 5.74) is 14.4. The Bertz CT molecular complexity index is 1320. The number of carbonyl (C=O) groups excluding carboxylic acids is 1. The van der Waals surface area contributed by atoms with Crippen LogP contribution in [-0.4, -0.2) is 28.4 Å². The van der Waals surface area contributed by atoms with Crippen molar-refractivity contribution < 1.29 is 14.6 Å². The smallest absolute Gasteiger partial charge is 0.255 e. The summed E-state index contributed by atoms with van der Waals surface area (Å²) < 4.78 is 5.53. The number of aromatic nitrogens is 1. The number of amidine groups is 1. The van der Waals surface area contributed by atoms with Crippen LogP contribution in [0.5, 0.6) is 11.5 Å². The number of benzene rings is 3. The molecular weight excluding hydrogens is 416 g/mol. The number of halogens is 1. The molecule has 3 aromatic carbocycles. The number of nitrogens with one attached hydrogen (secondary N) is 2. The number of hydrogen-bond acceptors (Lipinski definition) is 4. The molecule has 0 radical (unpaired) electrons. The molecule has 156 valence electrons. The fourth-order valence-electron chi connectivity index (χ4n) is 3.39. The van der Waals surface area contributed by atoms with E-state index >= 15 is 0 Å². The molecule has 0 aliphatic heterocycles. The van der Waals surface area contributed by atoms with Crippen LogP contribution in [0.4, 0.5) is 0 Å². The van der Waals surface area contributed by atoms with E-state index in [4.69, 9.17) is 33.2 Å². The summed E-state index contributed by atoms with van der Waals surface area (Å²) in [6.45, 7) is -0.289. The lowest BCUT2D eigenvalue weighted by Gasteiger charge is -2.13. The number of phenolic OH excluding ortho intramolecular Hbond substituents is 1. The number of fused-ring (bicyclic) bond motifs is 1. The number of amides is 1. The van der Waals surface area contributed by atoms with Gasteiger partial charge in [-0.2, -0.15) is 0 Å². The number of nitrogens with two attached hydrogens (primary N) is 2. The van der Waals surface area contributed by atoms with Crippen molar-refractivity contribution in [1.29, 1.82) is 5.41 Å². The first-order valence-electron chi connectivity index (χ1n) is 9.34. The maximum Gasteiger partial charge on any atom is 0.255 e. The SMILES string of the molecule is N=C(N)c1cc2cc(-c3cc(OCC(N)=O)cc(-c4ccccc4)c3O)[nH]c2cc1Cl. The molecule has 1 amide bonds. The van der Waals surface area contributed by atoms with Gasteiger partial charge >= 0.3 is 0 Å². The van der Waals surface area contributed by atoms with Gasteiger partial charge < -0.3 is 26.3 Å². The first-order valence-corrected chi connectivity index (χ1v) is 9.72. The molecule has 7 nitrogen and oxygen atoms in total. The number of aromatic amines is 1. The summed E-state index contributed by atoms with van der Waals surface area (Å²) in [6, 6.07) is 17.8. The van der Waals surface area contributed by atoms with E-state index in [0.29, 0.717) is 38.7 Å². The number of primary amides is 1. The highest BCUT2D eigenvalue weighted by Gasteiger charge is 2.17. The Labute approximate surface area is 182 Å². The molecule has 0 fully saturated rings. The third kappa shape index (κ3) is 4.04. The third-order valence-corrected chi connectivity index (χ3v) is 5.15. The third-order valence-electron chi connectivity index (χ3n) is 4.84. The molecule has 0 bridgehead atoms. The van der Waals surface area contributed by atoms with Crippen LogP contribution < -0.4 is 16.2 Å². The van der Waals surface area contributed by atoms with Crippen LogP contribution in [-0.2, 0) is 4.79 Å². The predicted octanol–water partition coefficient (Wildman–Crippen LogP) is 4.01. The molecule has 0 atom stereocenters. The van der Waals surface area contributed by atoms with Gasteiger partial charge in [0.15, 0.2) is 6.61 Å². The number of H-pyrrole nitrogens is 1. The molecule has 1 aromatic heterocycles.